The van der Waals surface area contributed by atoms with E-state index in [4.69, 9.17) is 0 Å². The SMILES string of the molecule is CNCc1cc(C)nc(C(C)(C)C)n1. The number of hydrogen-bond donors (Lipinski definition) is 1. The van der Waals surface area contributed by atoms with Crippen LogP contribution >= 0.6 is 0 Å². The minimum absolute atomic E-state index is 0.0223. The smallest absolute Gasteiger partial charge is 0.134 e. The molecule has 0 aliphatic rings. The molecule has 0 aliphatic heterocycles. The van der Waals surface area contributed by atoms with Gasteiger partial charge < -0.3 is 5.32 Å². The molecule has 3 nitrogen and oxygen atoms in total. The first-order valence-corrected chi connectivity index (χ1v) is 4.93. The molecule has 0 atom stereocenters. The molecule has 0 unspecified atom stereocenters. The van der Waals surface area contributed by atoms with Crippen LogP contribution in [0.3, 0.4) is 0 Å². The van der Waals surface area contributed by atoms with E-state index in [2.05, 4.69) is 36.1 Å². The number of aromatic nitrogens is 2. The van der Waals surface area contributed by atoms with E-state index in [1.165, 1.54) is 0 Å². The van der Waals surface area contributed by atoms with Crippen LogP contribution in [0.4, 0.5) is 0 Å². The Bertz CT molecular complexity index is 313. The second kappa shape index (κ2) is 4.05. The van der Waals surface area contributed by atoms with Gasteiger partial charge in [-0.05, 0) is 20.0 Å². The molecule has 1 heterocycles. The summed E-state index contributed by atoms with van der Waals surface area (Å²) in [4.78, 5) is 8.97. The highest BCUT2D eigenvalue weighted by molar-refractivity contribution is 5.13. The molecule has 0 aromatic carbocycles. The second-order valence-electron chi connectivity index (χ2n) is 4.60. The second-order valence-corrected chi connectivity index (χ2v) is 4.60. The summed E-state index contributed by atoms with van der Waals surface area (Å²) in [5, 5.41) is 3.10. The van der Waals surface area contributed by atoms with E-state index in [-0.39, 0.29) is 5.41 Å². The van der Waals surface area contributed by atoms with Crippen LogP contribution in [0.1, 0.15) is 38.0 Å². The van der Waals surface area contributed by atoms with Crippen molar-refractivity contribution >= 4 is 0 Å². The quantitative estimate of drug-likeness (QED) is 0.778. The number of rotatable bonds is 2. The van der Waals surface area contributed by atoms with Crippen molar-refractivity contribution < 1.29 is 0 Å². The first-order valence-electron chi connectivity index (χ1n) is 4.93. The average molecular weight is 193 g/mol. The summed E-state index contributed by atoms with van der Waals surface area (Å²) in [6.45, 7) is 9.20. The maximum Gasteiger partial charge on any atom is 0.134 e. The topological polar surface area (TPSA) is 37.8 Å². The summed E-state index contributed by atoms with van der Waals surface area (Å²) >= 11 is 0. The summed E-state index contributed by atoms with van der Waals surface area (Å²) in [6.07, 6.45) is 0. The normalized spacial score (nSPS) is 11.8. The Morgan fingerprint density at radius 2 is 1.93 bits per heavy atom. The molecule has 78 valence electrons. The Hall–Kier alpha value is -0.960. The van der Waals surface area contributed by atoms with Crippen molar-refractivity contribution in [3.63, 3.8) is 0 Å². The van der Waals surface area contributed by atoms with E-state index in [0.29, 0.717) is 0 Å². The van der Waals surface area contributed by atoms with E-state index < -0.39 is 0 Å². The van der Waals surface area contributed by atoms with Gasteiger partial charge in [0.05, 0.1) is 5.69 Å². The zero-order valence-corrected chi connectivity index (χ0v) is 9.68. The molecular formula is C11H19N3. The van der Waals surface area contributed by atoms with Crippen LogP contribution in [0.5, 0.6) is 0 Å². The first kappa shape index (κ1) is 11.1. The molecule has 0 aliphatic carbocycles. The highest BCUT2D eigenvalue weighted by Crippen LogP contribution is 2.18. The predicted molar refractivity (Wildman–Crippen MR) is 58.2 cm³/mol. The van der Waals surface area contributed by atoms with Gasteiger partial charge in [-0.1, -0.05) is 20.8 Å². The monoisotopic (exact) mass is 193 g/mol. The third-order valence-electron chi connectivity index (χ3n) is 1.94. The molecule has 0 saturated carbocycles. The predicted octanol–water partition coefficient (Wildman–Crippen LogP) is 1.80. The fourth-order valence-corrected chi connectivity index (χ4v) is 1.24. The number of nitrogens with zero attached hydrogens (tertiary/aromatic N) is 2. The lowest BCUT2D eigenvalue weighted by molar-refractivity contribution is 0.537. The summed E-state index contributed by atoms with van der Waals surface area (Å²) in [6, 6.07) is 2.02. The van der Waals surface area contributed by atoms with Crippen molar-refractivity contribution in [2.45, 2.75) is 39.7 Å². The maximum absolute atomic E-state index is 4.52. The zero-order chi connectivity index (χ0) is 10.8. The molecule has 1 aromatic rings. The van der Waals surface area contributed by atoms with Crippen LogP contribution in [-0.2, 0) is 12.0 Å². The lowest BCUT2D eigenvalue weighted by atomic mass is 9.95. The molecule has 0 saturated heterocycles. The molecule has 1 aromatic heterocycles. The molecule has 3 heteroatoms. The number of hydrogen-bond acceptors (Lipinski definition) is 3. The van der Waals surface area contributed by atoms with Crippen molar-refractivity contribution in [1.29, 1.82) is 0 Å². The van der Waals surface area contributed by atoms with Gasteiger partial charge >= 0.3 is 0 Å². The summed E-state index contributed by atoms with van der Waals surface area (Å²) < 4.78 is 0. The van der Waals surface area contributed by atoms with Gasteiger partial charge in [0.25, 0.3) is 0 Å². The number of aryl methyl sites for hydroxylation is 1. The molecule has 0 spiro atoms. The Morgan fingerprint density at radius 3 is 2.43 bits per heavy atom. The van der Waals surface area contributed by atoms with Gasteiger partial charge in [-0.2, -0.15) is 0 Å². The highest BCUT2D eigenvalue weighted by Gasteiger charge is 2.17. The van der Waals surface area contributed by atoms with Crippen LogP contribution in [-0.4, -0.2) is 17.0 Å². The molecule has 1 N–H and O–H groups in total. The lowest BCUT2D eigenvalue weighted by Crippen LogP contribution is -2.19. The van der Waals surface area contributed by atoms with E-state index in [9.17, 15) is 0 Å². The van der Waals surface area contributed by atoms with E-state index in [0.717, 1.165) is 23.8 Å². The van der Waals surface area contributed by atoms with Gasteiger partial charge in [0, 0.05) is 17.7 Å². The minimum Gasteiger partial charge on any atom is -0.314 e. The molecule has 0 radical (unpaired) electrons. The first-order chi connectivity index (χ1) is 6.43. The van der Waals surface area contributed by atoms with Crippen molar-refractivity contribution in [2.24, 2.45) is 0 Å². The molecule has 0 amide bonds. The van der Waals surface area contributed by atoms with Crippen LogP contribution < -0.4 is 5.32 Å². The average Bonchev–Trinajstić information content (AvgIpc) is 2.02. The van der Waals surface area contributed by atoms with Gasteiger partial charge in [0.15, 0.2) is 0 Å². The van der Waals surface area contributed by atoms with E-state index >= 15 is 0 Å². The van der Waals surface area contributed by atoms with Gasteiger partial charge in [-0.3, -0.25) is 0 Å². The fourth-order valence-electron chi connectivity index (χ4n) is 1.24. The molecular weight excluding hydrogens is 174 g/mol. The zero-order valence-electron chi connectivity index (χ0n) is 9.68. The largest absolute Gasteiger partial charge is 0.314 e. The van der Waals surface area contributed by atoms with Crippen molar-refractivity contribution in [2.75, 3.05) is 7.05 Å². The van der Waals surface area contributed by atoms with Crippen molar-refractivity contribution in [1.82, 2.24) is 15.3 Å². The van der Waals surface area contributed by atoms with Crippen LogP contribution in [0.15, 0.2) is 6.07 Å². The van der Waals surface area contributed by atoms with Crippen molar-refractivity contribution in [3.8, 4) is 0 Å². The highest BCUT2D eigenvalue weighted by atomic mass is 14.9. The molecule has 1 rings (SSSR count). The van der Waals surface area contributed by atoms with Gasteiger partial charge in [-0.25, -0.2) is 9.97 Å². The molecule has 0 bridgehead atoms. The molecule has 0 fully saturated rings. The number of nitrogens with one attached hydrogen (secondary N) is 1. The third-order valence-corrected chi connectivity index (χ3v) is 1.94. The standard InChI is InChI=1S/C11H19N3/c1-8-6-9(7-12-5)14-10(13-8)11(2,3)4/h6,12H,7H2,1-5H3. The minimum atomic E-state index is 0.0223. The Kier molecular flexibility index (Phi) is 3.21. The summed E-state index contributed by atoms with van der Waals surface area (Å²) in [5.41, 5.74) is 2.12. The van der Waals surface area contributed by atoms with E-state index in [1.54, 1.807) is 0 Å². The summed E-state index contributed by atoms with van der Waals surface area (Å²) in [7, 11) is 1.92. The Labute approximate surface area is 86.0 Å². The van der Waals surface area contributed by atoms with Crippen LogP contribution in [0.2, 0.25) is 0 Å². The van der Waals surface area contributed by atoms with Gasteiger partial charge in [0.2, 0.25) is 0 Å². The Morgan fingerprint density at radius 1 is 1.29 bits per heavy atom. The van der Waals surface area contributed by atoms with Crippen LogP contribution in [0, 0.1) is 6.92 Å². The van der Waals surface area contributed by atoms with Gasteiger partial charge in [0.1, 0.15) is 5.82 Å². The molecule has 14 heavy (non-hydrogen) atoms. The van der Waals surface area contributed by atoms with Crippen molar-refractivity contribution in [3.05, 3.63) is 23.3 Å². The maximum atomic E-state index is 4.52. The van der Waals surface area contributed by atoms with Crippen LogP contribution in [0.25, 0.3) is 0 Å². The Balaban J connectivity index is 3.07. The fraction of sp³-hybridized carbons (Fsp3) is 0.636. The van der Waals surface area contributed by atoms with Gasteiger partial charge in [-0.15, -0.1) is 0 Å². The van der Waals surface area contributed by atoms with E-state index in [1.807, 2.05) is 20.0 Å². The summed E-state index contributed by atoms with van der Waals surface area (Å²) in [5.74, 6) is 0.919. The third kappa shape index (κ3) is 2.77. The lowest BCUT2D eigenvalue weighted by Gasteiger charge is -2.17.